The lowest BCUT2D eigenvalue weighted by molar-refractivity contribution is 0.157. The first-order valence-electron chi connectivity index (χ1n) is 7.60. The lowest BCUT2D eigenvalue weighted by Gasteiger charge is -2.31. The van der Waals surface area contributed by atoms with Crippen LogP contribution < -0.4 is 15.2 Å². The first kappa shape index (κ1) is 15.1. The molecular formula is C16H26N2O2. The Morgan fingerprint density at radius 2 is 1.70 bits per heavy atom. The molecule has 2 rings (SSSR count). The zero-order chi connectivity index (χ0) is 14.2. The number of nitrogens with zero attached hydrogens (tertiary/aromatic N) is 1. The minimum atomic E-state index is 0.693. The SMILES string of the molecule is CCOc1ccc(OCCN2CCC(CN)CC2)cc1. The lowest BCUT2D eigenvalue weighted by Crippen LogP contribution is -2.38. The van der Waals surface area contributed by atoms with Crippen molar-refractivity contribution in [3.05, 3.63) is 24.3 Å². The van der Waals surface area contributed by atoms with Crippen molar-refractivity contribution >= 4 is 0 Å². The largest absolute Gasteiger partial charge is 0.494 e. The van der Waals surface area contributed by atoms with Gasteiger partial charge in [-0.05, 0) is 69.6 Å². The highest BCUT2D eigenvalue weighted by atomic mass is 16.5. The van der Waals surface area contributed by atoms with E-state index in [2.05, 4.69) is 4.90 Å². The molecule has 0 unspecified atom stereocenters. The number of hydrogen-bond donors (Lipinski definition) is 1. The Kier molecular flexibility index (Phi) is 6.15. The van der Waals surface area contributed by atoms with Gasteiger partial charge in [0.25, 0.3) is 0 Å². The van der Waals surface area contributed by atoms with Gasteiger partial charge >= 0.3 is 0 Å². The van der Waals surface area contributed by atoms with Gasteiger partial charge in [0.2, 0.25) is 0 Å². The van der Waals surface area contributed by atoms with Gasteiger partial charge in [0, 0.05) is 6.54 Å². The van der Waals surface area contributed by atoms with Crippen molar-refractivity contribution in [2.75, 3.05) is 39.4 Å². The Labute approximate surface area is 121 Å². The number of hydrogen-bond acceptors (Lipinski definition) is 4. The van der Waals surface area contributed by atoms with Crippen molar-refractivity contribution in [1.29, 1.82) is 0 Å². The summed E-state index contributed by atoms with van der Waals surface area (Å²) in [6.07, 6.45) is 2.44. The molecule has 0 spiro atoms. The molecule has 0 amide bonds. The number of rotatable bonds is 7. The van der Waals surface area contributed by atoms with Crippen molar-refractivity contribution in [3.63, 3.8) is 0 Å². The van der Waals surface area contributed by atoms with E-state index in [1.54, 1.807) is 0 Å². The van der Waals surface area contributed by atoms with Crippen LogP contribution in [-0.2, 0) is 0 Å². The van der Waals surface area contributed by atoms with Gasteiger partial charge in [-0.1, -0.05) is 0 Å². The van der Waals surface area contributed by atoms with Crippen molar-refractivity contribution in [3.8, 4) is 11.5 Å². The van der Waals surface area contributed by atoms with Gasteiger partial charge < -0.3 is 15.2 Å². The fraction of sp³-hybridized carbons (Fsp3) is 0.625. The number of benzene rings is 1. The van der Waals surface area contributed by atoms with E-state index < -0.39 is 0 Å². The Hall–Kier alpha value is -1.26. The van der Waals surface area contributed by atoms with Gasteiger partial charge in [0.1, 0.15) is 18.1 Å². The molecule has 1 aromatic rings. The molecule has 0 atom stereocenters. The zero-order valence-electron chi connectivity index (χ0n) is 12.4. The molecule has 1 aliphatic heterocycles. The quantitative estimate of drug-likeness (QED) is 0.830. The van der Waals surface area contributed by atoms with Crippen LogP contribution >= 0.6 is 0 Å². The molecule has 112 valence electrons. The summed E-state index contributed by atoms with van der Waals surface area (Å²) in [5.41, 5.74) is 5.71. The maximum atomic E-state index is 5.77. The van der Waals surface area contributed by atoms with Crippen LogP contribution in [0.3, 0.4) is 0 Å². The predicted molar refractivity (Wildman–Crippen MR) is 81.3 cm³/mol. The fourth-order valence-electron chi connectivity index (χ4n) is 2.54. The average molecular weight is 278 g/mol. The van der Waals surface area contributed by atoms with Crippen molar-refractivity contribution in [2.24, 2.45) is 11.7 Å². The maximum absolute atomic E-state index is 5.77. The van der Waals surface area contributed by atoms with Crippen LogP contribution in [0.2, 0.25) is 0 Å². The third-order valence-electron chi connectivity index (χ3n) is 3.85. The normalized spacial score (nSPS) is 17.1. The Morgan fingerprint density at radius 1 is 1.10 bits per heavy atom. The van der Waals surface area contributed by atoms with E-state index >= 15 is 0 Å². The molecule has 1 aliphatic rings. The molecule has 1 fully saturated rings. The monoisotopic (exact) mass is 278 g/mol. The third kappa shape index (κ3) is 4.69. The molecule has 1 heterocycles. The van der Waals surface area contributed by atoms with Crippen LogP contribution in [-0.4, -0.2) is 44.3 Å². The highest BCUT2D eigenvalue weighted by molar-refractivity contribution is 5.31. The first-order valence-corrected chi connectivity index (χ1v) is 7.60. The van der Waals surface area contributed by atoms with Crippen LogP contribution in [0.5, 0.6) is 11.5 Å². The molecule has 1 aromatic carbocycles. The Morgan fingerprint density at radius 3 is 2.25 bits per heavy atom. The summed E-state index contributed by atoms with van der Waals surface area (Å²) in [4.78, 5) is 2.46. The smallest absolute Gasteiger partial charge is 0.119 e. The topological polar surface area (TPSA) is 47.7 Å². The zero-order valence-corrected chi connectivity index (χ0v) is 12.4. The van der Waals surface area contributed by atoms with E-state index in [0.29, 0.717) is 6.61 Å². The number of ether oxygens (including phenoxy) is 2. The minimum absolute atomic E-state index is 0.693. The molecule has 20 heavy (non-hydrogen) atoms. The summed E-state index contributed by atoms with van der Waals surface area (Å²) in [7, 11) is 0. The average Bonchev–Trinajstić information content (AvgIpc) is 2.50. The molecule has 4 heteroatoms. The summed E-state index contributed by atoms with van der Waals surface area (Å²) in [5, 5.41) is 0. The first-order chi connectivity index (χ1) is 9.81. The maximum Gasteiger partial charge on any atom is 0.119 e. The van der Waals surface area contributed by atoms with Crippen LogP contribution in [0, 0.1) is 5.92 Å². The van der Waals surface area contributed by atoms with Crippen molar-refractivity contribution in [2.45, 2.75) is 19.8 Å². The molecule has 0 aliphatic carbocycles. The van der Waals surface area contributed by atoms with E-state index in [9.17, 15) is 0 Å². The van der Waals surface area contributed by atoms with Crippen molar-refractivity contribution < 1.29 is 9.47 Å². The Balaban J connectivity index is 1.65. The minimum Gasteiger partial charge on any atom is -0.494 e. The number of piperidine rings is 1. The predicted octanol–water partition coefficient (Wildman–Crippen LogP) is 2.13. The summed E-state index contributed by atoms with van der Waals surface area (Å²) in [6.45, 7) is 7.53. The summed E-state index contributed by atoms with van der Waals surface area (Å²) < 4.78 is 11.2. The summed E-state index contributed by atoms with van der Waals surface area (Å²) in [6, 6.07) is 7.83. The molecule has 0 aromatic heterocycles. The standard InChI is InChI=1S/C16H26N2O2/c1-2-19-15-3-5-16(6-4-15)20-12-11-18-9-7-14(13-17)8-10-18/h3-6,14H,2,7-13,17H2,1H3. The van der Waals surface area contributed by atoms with Crippen molar-refractivity contribution in [1.82, 2.24) is 4.90 Å². The molecular weight excluding hydrogens is 252 g/mol. The van der Waals surface area contributed by atoms with E-state index in [1.807, 2.05) is 31.2 Å². The van der Waals surface area contributed by atoms with E-state index in [4.69, 9.17) is 15.2 Å². The van der Waals surface area contributed by atoms with Crippen LogP contribution in [0.15, 0.2) is 24.3 Å². The van der Waals surface area contributed by atoms with E-state index in [1.165, 1.54) is 12.8 Å². The molecule has 1 saturated heterocycles. The Bertz CT molecular complexity index is 373. The molecule has 4 nitrogen and oxygen atoms in total. The second-order valence-corrected chi connectivity index (χ2v) is 5.27. The summed E-state index contributed by atoms with van der Waals surface area (Å²) in [5.74, 6) is 2.52. The fourth-order valence-corrected chi connectivity index (χ4v) is 2.54. The van der Waals surface area contributed by atoms with Gasteiger partial charge in [0.05, 0.1) is 6.61 Å². The van der Waals surface area contributed by atoms with E-state index in [-0.39, 0.29) is 0 Å². The van der Waals surface area contributed by atoms with Crippen LogP contribution in [0.1, 0.15) is 19.8 Å². The van der Waals surface area contributed by atoms with Crippen LogP contribution in [0.4, 0.5) is 0 Å². The van der Waals surface area contributed by atoms with E-state index in [0.717, 1.165) is 50.2 Å². The van der Waals surface area contributed by atoms with Gasteiger partial charge in [0.15, 0.2) is 0 Å². The second kappa shape index (κ2) is 8.12. The third-order valence-corrected chi connectivity index (χ3v) is 3.85. The second-order valence-electron chi connectivity index (χ2n) is 5.27. The van der Waals surface area contributed by atoms with Gasteiger partial charge in [-0.25, -0.2) is 0 Å². The molecule has 0 saturated carbocycles. The number of likely N-dealkylation sites (tertiary alicyclic amines) is 1. The van der Waals surface area contributed by atoms with Crippen LogP contribution in [0.25, 0.3) is 0 Å². The number of nitrogens with two attached hydrogens (primary N) is 1. The highest BCUT2D eigenvalue weighted by Gasteiger charge is 2.17. The van der Waals surface area contributed by atoms with Gasteiger partial charge in [-0.2, -0.15) is 0 Å². The summed E-state index contributed by atoms with van der Waals surface area (Å²) >= 11 is 0. The molecule has 0 bridgehead atoms. The van der Waals surface area contributed by atoms with Gasteiger partial charge in [-0.3, -0.25) is 4.90 Å². The van der Waals surface area contributed by atoms with Gasteiger partial charge in [-0.15, -0.1) is 0 Å². The molecule has 2 N–H and O–H groups in total. The highest BCUT2D eigenvalue weighted by Crippen LogP contribution is 2.18. The lowest BCUT2D eigenvalue weighted by atomic mass is 9.97. The molecule has 0 radical (unpaired) electrons.